The van der Waals surface area contributed by atoms with E-state index >= 15 is 0 Å². The zero-order valence-electron chi connectivity index (χ0n) is 20.5. The van der Waals surface area contributed by atoms with Gasteiger partial charge in [0.2, 0.25) is 11.8 Å². The van der Waals surface area contributed by atoms with Crippen LogP contribution in [0.3, 0.4) is 0 Å². The van der Waals surface area contributed by atoms with Gasteiger partial charge < -0.3 is 10.6 Å². The predicted molar refractivity (Wildman–Crippen MR) is 149 cm³/mol. The average Bonchev–Trinajstić information content (AvgIpc) is 2.89. The minimum atomic E-state index is -0.453. The largest absolute Gasteiger partial charge is 0.326 e. The molecule has 182 valence electrons. The number of anilines is 2. The topological polar surface area (TPSA) is 58.2 Å². The van der Waals surface area contributed by atoms with Crippen LogP contribution in [0.15, 0.2) is 114 Å². The molecule has 4 nitrogen and oxygen atoms in total. The number of hydrogen-bond acceptors (Lipinski definition) is 3. The number of rotatable bonds is 9. The van der Waals surface area contributed by atoms with Crippen molar-refractivity contribution in [2.75, 3.05) is 10.6 Å². The Kier molecular flexibility index (Phi) is 8.58. The Balaban J connectivity index is 1.48. The van der Waals surface area contributed by atoms with Gasteiger partial charge in [0.15, 0.2) is 0 Å². The van der Waals surface area contributed by atoms with E-state index in [2.05, 4.69) is 24.5 Å². The summed E-state index contributed by atoms with van der Waals surface area (Å²) >= 11 is 1.46. The second-order valence-corrected chi connectivity index (χ2v) is 10.1. The fraction of sp³-hybridized carbons (Fsp3) is 0.161. The Hall–Kier alpha value is -3.83. The van der Waals surface area contributed by atoms with Crippen LogP contribution in [0.4, 0.5) is 11.4 Å². The van der Waals surface area contributed by atoms with Crippen LogP contribution in [0.5, 0.6) is 0 Å². The lowest BCUT2D eigenvalue weighted by Crippen LogP contribution is -2.19. The zero-order chi connectivity index (χ0) is 25.3. The molecule has 2 N–H and O–H groups in total. The van der Waals surface area contributed by atoms with Gasteiger partial charge in [-0.25, -0.2) is 0 Å². The number of amides is 2. The highest BCUT2D eigenvalue weighted by Crippen LogP contribution is 2.37. The fourth-order valence-electron chi connectivity index (χ4n) is 3.83. The number of carbonyl (C=O) groups is 2. The van der Waals surface area contributed by atoms with E-state index in [0.29, 0.717) is 18.0 Å². The van der Waals surface area contributed by atoms with Crippen LogP contribution < -0.4 is 10.6 Å². The van der Waals surface area contributed by atoms with Crippen molar-refractivity contribution in [3.05, 3.63) is 126 Å². The van der Waals surface area contributed by atoms with Crippen LogP contribution in [0.25, 0.3) is 0 Å². The molecule has 4 aromatic rings. The summed E-state index contributed by atoms with van der Waals surface area (Å²) in [5, 5.41) is 5.59. The van der Waals surface area contributed by atoms with Crippen molar-refractivity contribution >= 4 is 35.0 Å². The number of carbonyl (C=O) groups excluding carboxylic acids is 2. The van der Waals surface area contributed by atoms with Crippen LogP contribution >= 0.6 is 11.8 Å². The normalized spacial score (nSPS) is 11.6. The van der Waals surface area contributed by atoms with Gasteiger partial charge in [0, 0.05) is 16.3 Å². The summed E-state index contributed by atoms with van der Waals surface area (Å²) in [4.78, 5) is 26.8. The van der Waals surface area contributed by atoms with Crippen molar-refractivity contribution in [2.45, 2.75) is 36.3 Å². The predicted octanol–water partition coefficient (Wildman–Crippen LogP) is 7.46. The van der Waals surface area contributed by atoms with E-state index < -0.39 is 5.25 Å². The second kappa shape index (κ2) is 12.2. The molecule has 0 aliphatic heterocycles. The van der Waals surface area contributed by atoms with Crippen LogP contribution in [0, 0.1) is 0 Å². The third-order valence-corrected chi connectivity index (χ3v) is 7.01. The molecule has 5 heteroatoms. The first-order valence-corrected chi connectivity index (χ1v) is 12.9. The molecule has 4 aromatic carbocycles. The van der Waals surface area contributed by atoms with E-state index in [9.17, 15) is 9.59 Å². The molecule has 0 aromatic heterocycles. The SMILES string of the molecule is CC(C)c1ccc(NC(=O)C(Sc2cccc(NC(=O)Cc3ccccc3)c2)c2ccccc2)cc1. The minimum Gasteiger partial charge on any atom is -0.326 e. The van der Waals surface area contributed by atoms with Crippen molar-refractivity contribution < 1.29 is 9.59 Å². The van der Waals surface area contributed by atoms with Gasteiger partial charge >= 0.3 is 0 Å². The number of benzene rings is 4. The molecule has 0 aliphatic rings. The van der Waals surface area contributed by atoms with E-state index in [-0.39, 0.29) is 11.8 Å². The summed E-state index contributed by atoms with van der Waals surface area (Å²) in [6.07, 6.45) is 0.308. The number of nitrogens with one attached hydrogen (secondary N) is 2. The summed E-state index contributed by atoms with van der Waals surface area (Å²) < 4.78 is 0. The number of thioether (sulfide) groups is 1. The molecule has 0 saturated heterocycles. The molecule has 0 heterocycles. The van der Waals surface area contributed by atoms with E-state index in [1.165, 1.54) is 17.3 Å². The van der Waals surface area contributed by atoms with Gasteiger partial charge in [0.1, 0.15) is 5.25 Å². The molecular weight excluding hydrogens is 464 g/mol. The highest BCUT2D eigenvalue weighted by Gasteiger charge is 2.22. The molecule has 0 fully saturated rings. The van der Waals surface area contributed by atoms with E-state index in [0.717, 1.165) is 21.7 Å². The standard InChI is InChI=1S/C31H30N2O2S/c1-22(2)24-16-18-26(19-17-24)33-31(35)30(25-12-7-4-8-13-25)36-28-15-9-14-27(21-28)32-29(34)20-23-10-5-3-6-11-23/h3-19,21-22,30H,20H2,1-2H3,(H,32,34)(H,33,35). The zero-order valence-corrected chi connectivity index (χ0v) is 21.3. The monoisotopic (exact) mass is 494 g/mol. The number of hydrogen-bond donors (Lipinski definition) is 2. The van der Waals surface area contributed by atoms with Crippen LogP contribution in [-0.4, -0.2) is 11.8 Å². The minimum absolute atomic E-state index is 0.0782. The van der Waals surface area contributed by atoms with E-state index in [1.807, 2.05) is 109 Å². The highest BCUT2D eigenvalue weighted by atomic mass is 32.2. The van der Waals surface area contributed by atoms with Gasteiger partial charge in [0.05, 0.1) is 6.42 Å². The lowest BCUT2D eigenvalue weighted by Gasteiger charge is -2.18. The molecule has 0 saturated carbocycles. The lowest BCUT2D eigenvalue weighted by atomic mass is 10.0. The smallest absolute Gasteiger partial charge is 0.242 e. The molecule has 0 radical (unpaired) electrons. The third kappa shape index (κ3) is 7.09. The van der Waals surface area contributed by atoms with Crippen molar-refractivity contribution in [1.82, 2.24) is 0 Å². The average molecular weight is 495 g/mol. The van der Waals surface area contributed by atoms with E-state index in [4.69, 9.17) is 0 Å². The van der Waals surface area contributed by atoms with Crippen molar-refractivity contribution in [1.29, 1.82) is 0 Å². The molecule has 0 spiro atoms. The Morgan fingerprint density at radius 2 is 1.36 bits per heavy atom. The summed E-state index contributed by atoms with van der Waals surface area (Å²) in [5.41, 5.74) is 4.58. The van der Waals surface area contributed by atoms with Crippen molar-refractivity contribution in [3.8, 4) is 0 Å². The molecular formula is C31H30N2O2S. The Morgan fingerprint density at radius 3 is 2.03 bits per heavy atom. The molecule has 0 bridgehead atoms. The Bertz CT molecular complexity index is 1290. The first-order chi connectivity index (χ1) is 17.5. The lowest BCUT2D eigenvalue weighted by molar-refractivity contribution is -0.116. The summed E-state index contributed by atoms with van der Waals surface area (Å²) in [6, 6.07) is 35.0. The fourth-order valence-corrected chi connectivity index (χ4v) is 4.91. The third-order valence-electron chi connectivity index (χ3n) is 5.76. The molecule has 2 amide bonds. The van der Waals surface area contributed by atoms with Crippen molar-refractivity contribution in [3.63, 3.8) is 0 Å². The Labute approximate surface area is 217 Å². The van der Waals surface area contributed by atoms with Gasteiger partial charge in [0.25, 0.3) is 0 Å². The van der Waals surface area contributed by atoms with Gasteiger partial charge in [-0.15, -0.1) is 11.8 Å². The summed E-state index contributed by atoms with van der Waals surface area (Å²) in [5.74, 6) is 0.260. The Morgan fingerprint density at radius 1 is 0.694 bits per heavy atom. The first-order valence-electron chi connectivity index (χ1n) is 12.0. The van der Waals surface area contributed by atoms with Gasteiger partial charge in [-0.05, 0) is 52.9 Å². The molecule has 0 aliphatic carbocycles. The molecule has 4 rings (SSSR count). The summed E-state index contributed by atoms with van der Waals surface area (Å²) in [7, 11) is 0. The first kappa shape index (κ1) is 25.3. The van der Waals surface area contributed by atoms with Crippen LogP contribution in [0.2, 0.25) is 0 Å². The van der Waals surface area contributed by atoms with Crippen LogP contribution in [-0.2, 0) is 16.0 Å². The van der Waals surface area contributed by atoms with Gasteiger partial charge in [-0.3, -0.25) is 9.59 Å². The molecule has 1 atom stereocenters. The molecule has 1 unspecified atom stereocenters. The van der Waals surface area contributed by atoms with E-state index in [1.54, 1.807) is 0 Å². The summed E-state index contributed by atoms with van der Waals surface area (Å²) in [6.45, 7) is 4.29. The maximum absolute atomic E-state index is 13.4. The van der Waals surface area contributed by atoms with Crippen molar-refractivity contribution in [2.24, 2.45) is 0 Å². The second-order valence-electron chi connectivity index (χ2n) is 8.91. The maximum atomic E-state index is 13.4. The quantitative estimate of drug-likeness (QED) is 0.237. The molecule has 36 heavy (non-hydrogen) atoms. The van der Waals surface area contributed by atoms with Gasteiger partial charge in [-0.1, -0.05) is 92.7 Å². The van der Waals surface area contributed by atoms with Crippen LogP contribution in [0.1, 0.15) is 41.7 Å². The van der Waals surface area contributed by atoms with Gasteiger partial charge in [-0.2, -0.15) is 0 Å². The maximum Gasteiger partial charge on any atom is 0.242 e. The highest BCUT2D eigenvalue weighted by molar-refractivity contribution is 8.00.